The Morgan fingerprint density at radius 1 is 1.16 bits per heavy atom. The van der Waals surface area contributed by atoms with Crippen molar-refractivity contribution in [3.63, 3.8) is 0 Å². The number of anilines is 1. The van der Waals surface area contributed by atoms with Crippen LogP contribution in [0.4, 0.5) is 5.69 Å². The van der Waals surface area contributed by atoms with Crippen LogP contribution in [-0.2, 0) is 9.59 Å². The fourth-order valence-electron chi connectivity index (χ4n) is 2.83. The van der Waals surface area contributed by atoms with E-state index < -0.39 is 6.04 Å². The summed E-state index contributed by atoms with van der Waals surface area (Å²) < 4.78 is 5.66. The van der Waals surface area contributed by atoms with E-state index >= 15 is 0 Å². The molecule has 7 heteroatoms. The molecule has 0 aromatic heterocycles. The molecule has 5 nitrogen and oxygen atoms in total. The number of rotatable bonds is 5. The molecule has 2 amide bonds. The van der Waals surface area contributed by atoms with Crippen molar-refractivity contribution in [1.29, 1.82) is 0 Å². The number of nitrogens with zero attached hydrogens (tertiary/aromatic N) is 1. The molecule has 0 spiro atoms. The summed E-state index contributed by atoms with van der Waals surface area (Å²) in [6.45, 7) is 1.92. The largest absolute Gasteiger partial charge is 0.492 e. The lowest BCUT2D eigenvalue weighted by atomic mass is 10.1. The van der Waals surface area contributed by atoms with E-state index in [0.717, 1.165) is 0 Å². The second-order valence-corrected chi connectivity index (χ2v) is 6.39. The van der Waals surface area contributed by atoms with Crippen molar-refractivity contribution >= 4 is 40.7 Å². The van der Waals surface area contributed by atoms with Gasteiger partial charge in [0.2, 0.25) is 5.91 Å². The number of halogens is 2. The van der Waals surface area contributed by atoms with E-state index in [2.05, 4.69) is 5.32 Å². The fraction of sp³-hybridized carbons (Fsp3) is 0.222. The highest BCUT2D eigenvalue weighted by atomic mass is 35.5. The number of hydrogen-bond acceptors (Lipinski definition) is 3. The molecule has 1 heterocycles. The molecule has 1 atom stereocenters. The average molecular weight is 379 g/mol. The Kier molecular flexibility index (Phi) is 5.16. The monoisotopic (exact) mass is 378 g/mol. The van der Waals surface area contributed by atoms with E-state index in [4.69, 9.17) is 27.9 Å². The minimum atomic E-state index is -0.838. The summed E-state index contributed by atoms with van der Waals surface area (Å²) in [6.07, 6.45) is 0. The van der Waals surface area contributed by atoms with E-state index in [9.17, 15) is 9.59 Å². The molecule has 3 rings (SSSR count). The van der Waals surface area contributed by atoms with Crippen LogP contribution in [0.2, 0.25) is 10.0 Å². The molecular weight excluding hydrogens is 363 g/mol. The van der Waals surface area contributed by atoms with Crippen molar-refractivity contribution in [2.45, 2.75) is 13.0 Å². The standard InChI is InChI=1S/C18H16Cl2N2O3/c1-11(23)21-16-15-13(19)7-8-14(20)17(15)22(18(16)24)9-10-25-12-5-3-2-4-6-12/h2-8,16H,9-10H2,1H3,(H,21,23)/t16-/m0/s1. The molecule has 2 aromatic rings. The summed E-state index contributed by atoms with van der Waals surface area (Å²) >= 11 is 12.6. The number of nitrogens with one attached hydrogen (secondary N) is 1. The van der Waals surface area contributed by atoms with Crippen LogP contribution in [0, 0.1) is 0 Å². The van der Waals surface area contributed by atoms with Crippen LogP contribution in [0.5, 0.6) is 5.75 Å². The Hall–Kier alpha value is -2.24. The predicted molar refractivity (Wildman–Crippen MR) is 97.3 cm³/mol. The first-order valence-electron chi connectivity index (χ1n) is 7.73. The van der Waals surface area contributed by atoms with Crippen molar-refractivity contribution in [2.75, 3.05) is 18.1 Å². The smallest absolute Gasteiger partial charge is 0.254 e. The first-order valence-corrected chi connectivity index (χ1v) is 8.49. The zero-order valence-electron chi connectivity index (χ0n) is 13.5. The maximum absolute atomic E-state index is 12.8. The molecule has 2 aromatic carbocycles. The lowest BCUT2D eigenvalue weighted by molar-refractivity contribution is -0.126. The van der Waals surface area contributed by atoms with E-state index in [1.165, 1.54) is 11.8 Å². The number of amides is 2. The number of carbonyl (C=O) groups is 2. The Morgan fingerprint density at radius 3 is 2.52 bits per heavy atom. The number of benzene rings is 2. The van der Waals surface area contributed by atoms with Gasteiger partial charge in [-0.3, -0.25) is 9.59 Å². The molecule has 1 aliphatic heterocycles. The fourth-order valence-corrected chi connectivity index (χ4v) is 3.35. The number of carbonyl (C=O) groups excluding carboxylic acids is 2. The van der Waals surface area contributed by atoms with Gasteiger partial charge in [0, 0.05) is 17.5 Å². The van der Waals surface area contributed by atoms with E-state index in [1.54, 1.807) is 12.1 Å². The SMILES string of the molecule is CC(=O)N[C@@H]1C(=O)N(CCOc2ccccc2)c2c(Cl)ccc(Cl)c21. The topological polar surface area (TPSA) is 58.6 Å². The Morgan fingerprint density at radius 2 is 1.84 bits per heavy atom. The molecule has 0 saturated heterocycles. The van der Waals surface area contributed by atoms with Crippen LogP contribution in [0.3, 0.4) is 0 Å². The molecule has 0 unspecified atom stereocenters. The third-order valence-corrected chi connectivity index (χ3v) is 4.50. The molecule has 0 aliphatic carbocycles. The lowest BCUT2D eigenvalue weighted by Gasteiger charge is -2.19. The second kappa shape index (κ2) is 7.33. The summed E-state index contributed by atoms with van der Waals surface area (Å²) in [5.74, 6) is 0.115. The van der Waals surface area contributed by atoms with Crippen LogP contribution in [0.1, 0.15) is 18.5 Å². The maximum atomic E-state index is 12.8. The highest BCUT2D eigenvalue weighted by Gasteiger charge is 2.40. The summed E-state index contributed by atoms with van der Waals surface area (Å²) in [7, 11) is 0. The van der Waals surface area contributed by atoms with Gasteiger partial charge in [-0.15, -0.1) is 0 Å². The number of fused-ring (bicyclic) bond motifs is 1. The highest BCUT2D eigenvalue weighted by molar-refractivity contribution is 6.38. The Balaban J connectivity index is 1.84. The number of ether oxygens (including phenoxy) is 1. The van der Waals surface area contributed by atoms with Gasteiger partial charge in [0.1, 0.15) is 18.4 Å². The summed E-state index contributed by atoms with van der Waals surface area (Å²) in [4.78, 5) is 25.8. The normalized spacial score (nSPS) is 15.9. The second-order valence-electron chi connectivity index (χ2n) is 5.58. The van der Waals surface area contributed by atoms with Crippen molar-refractivity contribution in [2.24, 2.45) is 0 Å². The van der Waals surface area contributed by atoms with Crippen molar-refractivity contribution in [3.8, 4) is 5.75 Å². The van der Waals surface area contributed by atoms with Crippen LogP contribution < -0.4 is 15.0 Å². The number of hydrogen-bond donors (Lipinski definition) is 1. The highest BCUT2D eigenvalue weighted by Crippen LogP contribution is 2.44. The van der Waals surface area contributed by atoms with Gasteiger partial charge in [-0.1, -0.05) is 41.4 Å². The Bertz CT molecular complexity index is 811. The molecular formula is C18H16Cl2N2O3. The summed E-state index contributed by atoms with van der Waals surface area (Å²) in [6, 6.07) is 11.7. The molecule has 0 radical (unpaired) electrons. The molecule has 0 saturated carbocycles. The van der Waals surface area contributed by atoms with E-state index in [-0.39, 0.29) is 25.0 Å². The average Bonchev–Trinajstić information content (AvgIpc) is 2.86. The molecule has 1 N–H and O–H groups in total. The maximum Gasteiger partial charge on any atom is 0.254 e. The number of para-hydroxylation sites is 1. The van der Waals surface area contributed by atoms with Gasteiger partial charge in [-0.05, 0) is 24.3 Å². The van der Waals surface area contributed by atoms with Gasteiger partial charge in [-0.2, -0.15) is 0 Å². The molecule has 0 fully saturated rings. The zero-order chi connectivity index (χ0) is 18.0. The summed E-state index contributed by atoms with van der Waals surface area (Å²) in [5, 5.41) is 3.43. The molecule has 130 valence electrons. The Labute approximate surface area is 155 Å². The van der Waals surface area contributed by atoms with Gasteiger partial charge >= 0.3 is 0 Å². The predicted octanol–water partition coefficient (Wildman–Crippen LogP) is 3.60. The molecule has 0 bridgehead atoms. The first-order chi connectivity index (χ1) is 12.0. The minimum absolute atomic E-state index is 0.281. The van der Waals surface area contributed by atoms with Crippen molar-refractivity contribution in [1.82, 2.24) is 5.32 Å². The van der Waals surface area contributed by atoms with Gasteiger partial charge in [0.25, 0.3) is 5.91 Å². The first kappa shape index (κ1) is 17.6. The zero-order valence-corrected chi connectivity index (χ0v) is 15.0. The van der Waals surface area contributed by atoms with E-state index in [0.29, 0.717) is 27.0 Å². The van der Waals surface area contributed by atoms with E-state index in [1.807, 2.05) is 30.3 Å². The quantitative estimate of drug-likeness (QED) is 0.864. The van der Waals surface area contributed by atoms with Crippen LogP contribution >= 0.6 is 23.2 Å². The molecule has 1 aliphatic rings. The minimum Gasteiger partial charge on any atom is -0.492 e. The van der Waals surface area contributed by atoms with Gasteiger partial charge < -0.3 is 15.0 Å². The van der Waals surface area contributed by atoms with Gasteiger partial charge in [0.15, 0.2) is 0 Å². The third kappa shape index (κ3) is 3.57. The van der Waals surface area contributed by atoms with Gasteiger partial charge in [0.05, 0.1) is 17.3 Å². The lowest BCUT2D eigenvalue weighted by Crippen LogP contribution is -2.38. The van der Waals surface area contributed by atoms with Gasteiger partial charge in [-0.25, -0.2) is 0 Å². The van der Waals surface area contributed by atoms with Crippen LogP contribution in [-0.4, -0.2) is 25.0 Å². The van der Waals surface area contributed by atoms with Crippen molar-refractivity contribution in [3.05, 3.63) is 58.1 Å². The molecule has 25 heavy (non-hydrogen) atoms. The van der Waals surface area contributed by atoms with Crippen LogP contribution in [0.15, 0.2) is 42.5 Å². The van der Waals surface area contributed by atoms with Crippen molar-refractivity contribution < 1.29 is 14.3 Å². The third-order valence-electron chi connectivity index (χ3n) is 3.86. The summed E-state index contributed by atoms with van der Waals surface area (Å²) in [5.41, 5.74) is 1.05. The van der Waals surface area contributed by atoms with Crippen LogP contribution in [0.25, 0.3) is 0 Å².